The molecule has 0 bridgehead atoms. The quantitative estimate of drug-likeness (QED) is 0.835. The molecule has 4 heteroatoms. The van der Waals surface area contributed by atoms with Gasteiger partial charge in [0.15, 0.2) is 0 Å². The van der Waals surface area contributed by atoms with Gasteiger partial charge in [0.1, 0.15) is 0 Å². The molecule has 0 spiro atoms. The van der Waals surface area contributed by atoms with Gasteiger partial charge in [0.2, 0.25) is 0 Å². The first-order valence-electron chi connectivity index (χ1n) is 8.19. The van der Waals surface area contributed by atoms with Crippen LogP contribution in [0.3, 0.4) is 0 Å². The van der Waals surface area contributed by atoms with E-state index in [1.165, 1.54) is 0 Å². The summed E-state index contributed by atoms with van der Waals surface area (Å²) in [6.07, 6.45) is 4.18. The van der Waals surface area contributed by atoms with E-state index in [0.717, 1.165) is 44.8 Å². The van der Waals surface area contributed by atoms with E-state index in [4.69, 9.17) is 4.74 Å². The smallest absolute Gasteiger partial charge is 0.0859 e. The zero-order valence-corrected chi connectivity index (χ0v) is 13.6. The highest BCUT2D eigenvalue weighted by atomic mass is 16.5. The summed E-state index contributed by atoms with van der Waals surface area (Å²) in [6, 6.07) is 7.04. The lowest BCUT2D eigenvalue weighted by atomic mass is 10.0. The zero-order chi connectivity index (χ0) is 15.1. The number of pyridine rings is 1. The Labute approximate surface area is 128 Å². The predicted octanol–water partition coefficient (Wildman–Crippen LogP) is 2.10. The van der Waals surface area contributed by atoms with E-state index in [1.807, 2.05) is 12.3 Å². The van der Waals surface area contributed by atoms with Gasteiger partial charge in [-0.05, 0) is 38.9 Å². The lowest BCUT2D eigenvalue weighted by Gasteiger charge is -2.39. The molecule has 0 aliphatic carbocycles. The Hall–Kier alpha value is -0.970. The van der Waals surface area contributed by atoms with E-state index in [9.17, 15) is 0 Å². The second-order valence-electron chi connectivity index (χ2n) is 6.08. The van der Waals surface area contributed by atoms with Crippen molar-refractivity contribution in [3.8, 4) is 0 Å². The van der Waals surface area contributed by atoms with Crippen LogP contribution in [0, 0.1) is 0 Å². The molecule has 0 aromatic carbocycles. The van der Waals surface area contributed by atoms with Crippen molar-refractivity contribution in [3.63, 3.8) is 0 Å². The topological polar surface area (TPSA) is 37.4 Å². The summed E-state index contributed by atoms with van der Waals surface area (Å²) in [4.78, 5) is 6.97. The fourth-order valence-corrected chi connectivity index (χ4v) is 2.82. The van der Waals surface area contributed by atoms with Gasteiger partial charge in [0.25, 0.3) is 0 Å². The summed E-state index contributed by atoms with van der Waals surface area (Å²) >= 11 is 0. The SMILES string of the molecule is CCCNC(Cc1ccccn1)C1CN(C(C)C)CCO1. The fourth-order valence-electron chi connectivity index (χ4n) is 2.82. The van der Waals surface area contributed by atoms with Gasteiger partial charge in [-0.25, -0.2) is 0 Å². The molecule has 118 valence electrons. The van der Waals surface area contributed by atoms with Gasteiger partial charge >= 0.3 is 0 Å². The number of nitrogens with one attached hydrogen (secondary N) is 1. The summed E-state index contributed by atoms with van der Waals surface area (Å²) in [7, 11) is 0. The van der Waals surface area contributed by atoms with Crippen LogP contribution in [0.1, 0.15) is 32.9 Å². The van der Waals surface area contributed by atoms with Crippen molar-refractivity contribution < 1.29 is 4.74 Å². The van der Waals surface area contributed by atoms with Gasteiger partial charge in [0.05, 0.1) is 12.7 Å². The molecule has 1 saturated heterocycles. The molecule has 1 aromatic rings. The molecule has 1 aromatic heterocycles. The van der Waals surface area contributed by atoms with Gasteiger partial charge in [-0.2, -0.15) is 0 Å². The lowest BCUT2D eigenvalue weighted by Crippen LogP contribution is -2.54. The zero-order valence-electron chi connectivity index (χ0n) is 13.6. The summed E-state index contributed by atoms with van der Waals surface area (Å²) in [5.41, 5.74) is 1.14. The van der Waals surface area contributed by atoms with Crippen molar-refractivity contribution in [2.45, 2.75) is 51.8 Å². The molecule has 0 amide bonds. The number of morpholine rings is 1. The standard InChI is InChI=1S/C17H29N3O/c1-4-8-19-16(12-15-7-5-6-9-18-15)17-13-20(14(2)3)10-11-21-17/h5-7,9,14,16-17,19H,4,8,10-13H2,1-3H3. The monoisotopic (exact) mass is 291 g/mol. The minimum atomic E-state index is 0.245. The first kappa shape index (κ1) is 16.4. The Morgan fingerprint density at radius 2 is 2.29 bits per heavy atom. The normalized spacial score (nSPS) is 21.6. The highest BCUT2D eigenvalue weighted by Crippen LogP contribution is 2.14. The minimum absolute atomic E-state index is 0.245. The molecular weight excluding hydrogens is 262 g/mol. The van der Waals surface area contributed by atoms with Gasteiger partial charge in [-0.15, -0.1) is 0 Å². The van der Waals surface area contributed by atoms with Gasteiger partial charge in [-0.1, -0.05) is 13.0 Å². The first-order chi connectivity index (χ1) is 10.2. The molecule has 0 radical (unpaired) electrons. The molecule has 2 unspecified atom stereocenters. The van der Waals surface area contributed by atoms with E-state index in [1.54, 1.807) is 0 Å². The lowest BCUT2D eigenvalue weighted by molar-refractivity contribution is -0.0553. The molecule has 4 nitrogen and oxygen atoms in total. The molecule has 1 fully saturated rings. The van der Waals surface area contributed by atoms with Crippen LogP contribution >= 0.6 is 0 Å². The maximum Gasteiger partial charge on any atom is 0.0859 e. The van der Waals surface area contributed by atoms with Crippen LogP contribution < -0.4 is 5.32 Å². The number of ether oxygens (including phenoxy) is 1. The van der Waals surface area contributed by atoms with E-state index >= 15 is 0 Å². The van der Waals surface area contributed by atoms with Crippen molar-refractivity contribution in [1.82, 2.24) is 15.2 Å². The number of aromatic nitrogens is 1. The third-order valence-corrected chi connectivity index (χ3v) is 4.12. The van der Waals surface area contributed by atoms with E-state index in [2.05, 4.69) is 48.1 Å². The van der Waals surface area contributed by atoms with Gasteiger partial charge in [-0.3, -0.25) is 9.88 Å². The molecule has 0 saturated carbocycles. The largest absolute Gasteiger partial charge is 0.374 e. The van der Waals surface area contributed by atoms with Crippen molar-refractivity contribution in [3.05, 3.63) is 30.1 Å². The van der Waals surface area contributed by atoms with Crippen LogP contribution in [0.15, 0.2) is 24.4 Å². The number of hydrogen-bond acceptors (Lipinski definition) is 4. The van der Waals surface area contributed by atoms with Crippen molar-refractivity contribution in [2.24, 2.45) is 0 Å². The maximum atomic E-state index is 6.06. The fraction of sp³-hybridized carbons (Fsp3) is 0.706. The van der Waals surface area contributed by atoms with Crippen molar-refractivity contribution in [2.75, 3.05) is 26.2 Å². The van der Waals surface area contributed by atoms with Crippen LogP contribution in [0.2, 0.25) is 0 Å². The molecule has 1 N–H and O–H groups in total. The third kappa shape index (κ3) is 5.06. The molecule has 2 rings (SSSR count). The molecule has 1 aliphatic heterocycles. The molecule has 1 aliphatic rings. The van der Waals surface area contributed by atoms with Crippen LogP contribution in [0.25, 0.3) is 0 Å². The van der Waals surface area contributed by atoms with Crippen LogP contribution in [-0.2, 0) is 11.2 Å². The van der Waals surface area contributed by atoms with Gasteiger partial charge < -0.3 is 10.1 Å². The molecule has 2 heterocycles. The minimum Gasteiger partial charge on any atom is -0.374 e. The average molecular weight is 291 g/mol. The number of nitrogens with zero attached hydrogens (tertiary/aromatic N) is 2. The Bertz CT molecular complexity index is 396. The average Bonchev–Trinajstić information content (AvgIpc) is 2.52. The van der Waals surface area contributed by atoms with Gasteiger partial charge in [0, 0.05) is 43.5 Å². The first-order valence-corrected chi connectivity index (χ1v) is 8.19. The highest BCUT2D eigenvalue weighted by molar-refractivity contribution is 5.06. The van der Waals surface area contributed by atoms with Crippen LogP contribution in [0.5, 0.6) is 0 Å². The summed E-state index contributed by atoms with van der Waals surface area (Å²) < 4.78 is 6.06. The molecular formula is C17H29N3O. The Morgan fingerprint density at radius 1 is 1.43 bits per heavy atom. The Balaban J connectivity index is 2.00. The van der Waals surface area contributed by atoms with Crippen LogP contribution in [-0.4, -0.2) is 54.3 Å². The maximum absolute atomic E-state index is 6.06. The molecule has 21 heavy (non-hydrogen) atoms. The number of hydrogen-bond donors (Lipinski definition) is 1. The third-order valence-electron chi connectivity index (χ3n) is 4.12. The summed E-state index contributed by atoms with van der Waals surface area (Å²) in [6.45, 7) is 10.6. The Morgan fingerprint density at radius 3 is 2.95 bits per heavy atom. The van der Waals surface area contributed by atoms with Crippen molar-refractivity contribution in [1.29, 1.82) is 0 Å². The predicted molar refractivity (Wildman–Crippen MR) is 86.5 cm³/mol. The van der Waals surface area contributed by atoms with E-state index in [0.29, 0.717) is 12.1 Å². The number of rotatable bonds is 7. The second kappa shape index (κ2) is 8.47. The van der Waals surface area contributed by atoms with E-state index < -0.39 is 0 Å². The van der Waals surface area contributed by atoms with Crippen LogP contribution in [0.4, 0.5) is 0 Å². The Kier molecular flexibility index (Phi) is 6.61. The highest BCUT2D eigenvalue weighted by Gasteiger charge is 2.29. The van der Waals surface area contributed by atoms with E-state index in [-0.39, 0.29) is 6.10 Å². The second-order valence-corrected chi connectivity index (χ2v) is 6.08. The summed E-state index contributed by atoms with van der Waals surface area (Å²) in [5, 5.41) is 3.66. The molecule has 2 atom stereocenters. The summed E-state index contributed by atoms with van der Waals surface area (Å²) in [5.74, 6) is 0. The van der Waals surface area contributed by atoms with Crippen molar-refractivity contribution >= 4 is 0 Å².